The van der Waals surface area contributed by atoms with Crippen LogP contribution in [-0.4, -0.2) is 22.7 Å². The van der Waals surface area contributed by atoms with Crippen LogP contribution >= 0.6 is 50.4 Å². The van der Waals surface area contributed by atoms with Crippen molar-refractivity contribution in [2.75, 3.05) is 10.6 Å². The summed E-state index contributed by atoms with van der Waals surface area (Å²) in [6.07, 6.45) is 1.62. The van der Waals surface area contributed by atoms with Gasteiger partial charge in [0.05, 0.1) is 10.6 Å². The van der Waals surface area contributed by atoms with Crippen molar-refractivity contribution in [3.63, 3.8) is 0 Å². The Labute approximate surface area is 298 Å². The minimum absolute atomic E-state index is 0.0798. The molecule has 0 bridgehead atoms. The average Bonchev–Trinajstić information content (AvgIpc) is 3.82. The topological polar surface area (TPSA) is 100 Å². The van der Waals surface area contributed by atoms with Gasteiger partial charge in [-0.2, -0.15) is 0 Å². The maximum atomic E-state index is 13.7. The number of carbonyl (C=O) groups excluding carboxylic acids is 3. The first-order chi connectivity index (χ1) is 23.4. The molecule has 3 amide bonds. The van der Waals surface area contributed by atoms with Crippen molar-refractivity contribution in [2.24, 2.45) is 0 Å². The van der Waals surface area contributed by atoms with Crippen LogP contribution in [0.4, 0.5) is 10.8 Å². The summed E-state index contributed by atoms with van der Waals surface area (Å²) in [5, 5.41) is 12.5. The second-order valence-corrected chi connectivity index (χ2v) is 14.2. The molecule has 0 saturated carbocycles. The summed E-state index contributed by atoms with van der Waals surface area (Å²) in [4.78, 5) is 46.8. The van der Waals surface area contributed by atoms with E-state index < -0.39 is 17.1 Å². The Bertz CT molecular complexity index is 2050. The third-order valence-electron chi connectivity index (χ3n) is 6.90. The Hall–Kier alpha value is -4.81. The molecule has 3 N–H and O–H groups in total. The number of aromatic nitrogens is 1. The maximum absolute atomic E-state index is 13.7. The first-order valence-electron chi connectivity index (χ1n) is 14.7. The zero-order valence-corrected chi connectivity index (χ0v) is 29.2. The van der Waals surface area contributed by atoms with E-state index in [2.05, 4.69) is 36.9 Å². The summed E-state index contributed by atoms with van der Waals surface area (Å²) < 4.78 is 0.894. The molecule has 0 aliphatic rings. The molecule has 11 heteroatoms. The molecule has 0 spiro atoms. The second-order valence-electron chi connectivity index (χ2n) is 10.3. The van der Waals surface area contributed by atoms with Crippen LogP contribution in [0.25, 0.3) is 16.6 Å². The molecule has 1 atom stereocenters. The maximum Gasteiger partial charge on any atom is 0.272 e. The predicted molar refractivity (Wildman–Crippen MR) is 200 cm³/mol. The molecule has 0 aliphatic heterocycles. The van der Waals surface area contributed by atoms with Crippen LogP contribution in [0.1, 0.15) is 26.7 Å². The lowest BCUT2D eigenvalue weighted by Gasteiger charge is -2.17. The van der Waals surface area contributed by atoms with Crippen LogP contribution in [0.15, 0.2) is 147 Å². The summed E-state index contributed by atoms with van der Waals surface area (Å²) in [6.45, 7) is 0. The van der Waals surface area contributed by atoms with Crippen molar-refractivity contribution >= 4 is 85.0 Å². The monoisotopic (exact) mass is 750 g/mol. The number of amides is 3. The van der Waals surface area contributed by atoms with E-state index in [-0.39, 0.29) is 11.6 Å². The highest BCUT2D eigenvalue weighted by Crippen LogP contribution is 2.38. The summed E-state index contributed by atoms with van der Waals surface area (Å²) in [6, 6.07) is 36.9. The van der Waals surface area contributed by atoms with Crippen molar-refractivity contribution in [3.05, 3.63) is 159 Å². The lowest BCUT2D eigenvalue weighted by atomic mass is 10.1. The number of halogens is 1. The van der Waals surface area contributed by atoms with Crippen LogP contribution < -0.4 is 16.0 Å². The minimum Gasteiger partial charge on any atom is -0.321 e. The summed E-state index contributed by atoms with van der Waals surface area (Å²) in [7, 11) is 0. The van der Waals surface area contributed by atoms with Gasteiger partial charge in [0.25, 0.3) is 11.8 Å². The van der Waals surface area contributed by atoms with Gasteiger partial charge in [-0.05, 0) is 71.1 Å². The van der Waals surface area contributed by atoms with Crippen LogP contribution in [0.3, 0.4) is 0 Å². The molecule has 6 rings (SSSR count). The van der Waals surface area contributed by atoms with Gasteiger partial charge in [0.15, 0.2) is 5.13 Å². The van der Waals surface area contributed by atoms with Gasteiger partial charge < -0.3 is 16.0 Å². The fourth-order valence-electron chi connectivity index (χ4n) is 4.59. The lowest BCUT2D eigenvalue weighted by Crippen LogP contribution is -2.30. The number of anilines is 2. The zero-order valence-electron chi connectivity index (χ0n) is 25.1. The van der Waals surface area contributed by atoms with Gasteiger partial charge in [0.2, 0.25) is 5.91 Å². The Morgan fingerprint density at radius 3 is 2.27 bits per heavy atom. The Morgan fingerprint density at radius 2 is 1.54 bits per heavy atom. The number of nitrogens with zero attached hydrogens (tertiary/aromatic N) is 1. The number of thioether (sulfide) groups is 1. The fraction of sp³-hybridized carbons (Fsp3) is 0.0270. The lowest BCUT2D eigenvalue weighted by molar-refractivity contribution is -0.116. The van der Waals surface area contributed by atoms with Crippen molar-refractivity contribution in [2.45, 2.75) is 10.1 Å². The molecule has 6 aromatic rings. The minimum atomic E-state index is -0.593. The van der Waals surface area contributed by atoms with Gasteiger partial charge in [-0.3, -0.25) is 14.4 Å². The highest BCUT2D eigenvalue weighted by molar-refractivity contribution is 9.10. The van der Waals surface area contributed by atoms with Gasteiger partial charge >= 0.3 is 0 Å². The van der Waals surface area contributed by atoms with Gasteiger partial charge in [-0.15, -0.1) is 34.4 Å². The average molecular weight is 752 g/mol. The van der Waals surface area contributed by atoms with Gasteiger partial charge in [0, 0.05) is 26.0 Å². The first kappa shape index (κ1) is 33.1. The van der Waals surface area contributed by atoms with E-state index in [0.717, 1.165) is 31.1 Å². The fourth-order valence-corrected chi connectivity index (χ4v) is 7.41. The molecule has 2 aromatic heterocycles. The molecular weight excluding hydrogens is 725 g/mol. The molecule has 0 aliphatic carbocycles. The van der Waals surface area contributed by atoms with Crippen molar-refractivity contribution in [1.82, 2.24) is 10.3 Å². The third kappa shape index (κ3) is 8.75. The molecule has 0 fully saturated rings. The van der Waals surface area contributed by atoms with Gasteiger partial charge in [-0.25, -0.2) is 4.98 Å². The Morgan fingerprint density at radius 1 is 0.792 bits per heavy atom. The van der Waals surface area contributed by atoms with Crippen LogP contribution in [-0.2, 0) is 9.59 Å². The molecular formula is C37H27BrN4O3S3. The van der Waals surface area contributed by atoms with E-state index in [4.69, 9.17) is 0 Å². The summed E-state index contributed by atoms with van der Waals surface area (Å²) in [5.41, 5.74) is 3.40. The van der Waals surface area contributed by atoms with Crippen LogP contribution in [0.2, 0.25) is 0 Å². The molecule has 2 heterocycles. The predicted octanol–water partition coefficient (Wildman–Crippen LogP) is 9.52. The largest absolute Gasteiger partial charge is 0.321 e. The van der Waals surface area contributed by atoms with E-state index in [0.29, 0.717) is 16.4 Å². The molecule has 1 unspecified atom stereocenters. The second kappa shape index (κ2) is 15.9. The van der Waals surface area contributed by atoms with Crippen molar-refractivity contribution in [1.29, 1.82) is 0 Å². The Balaban J connectivity index is 1.21. The molecule has 48 heavy (non-hydrogen) atoms. The highest BCUT2D eigenvalue weighted by atomic mass is 79.9. The van der Waals surface area contributed by atoms with E-state index in [1.165, 1.54) is 23.1 Å². The molecule has 7 nitrogen and oxygen atoms in total. The number of rotatable bonds is 11. The van der Waals surface area contributed by atoms with E-state index in [1.54, 1.807) is 53.8 Å². The highest BCUT2D eigenvalue weighted by Gasteiger charge is 2.24. The first-order valence-corrected chi connectivity index (χ1v) is 18.1. The number of thiazole rings is 1. The smallest absolute Gasteiger partial charge is 0.272 e. The number of hydrogen-bond acceptors (Lipinski definition) is 7. The number of hydrogen-bond donors (Lipinski definition) is 3. The molecule has 238 valence electrons. The van der Waals surface area contributed by atoms with Crippen LogP contribution in [0.5, 0.6) is 0 Å². The van der Waals surface area contributed by atoms with Crippen LogP contribution in [0, 0.1) is 0 Å². The van der Waals surface area contributed by atoms with E-state index in [1.807, 2.05) is 95.7 Å². The molecule has 0 saturated heterocycles. The molecule has 4 aromatic carbocycles. The molecule has 0 radical (unpaired) electrons. The Kier molecular flexibility index (Phi) is 10.9. The quantitative estimate of drug-likeness (QED) is 0.0905. The van der Waals surface area contributed by atoms with Gasteiger partial charge in [0.1, 0.15) is 10.9 Å². The zero-order chi connectivity index (χ0) is 33.3. The van der Waals surface area contributed by atoms with E-state index in [9.17, 15) is 14.4 Å². The summed E-state index contributed by atoms with van der Waals surface area (Å²) in [5.74, 6) is -1.11. The number of benzene rings is 4. The van der Waals surface area contributed by atoms with Crippen molar-refractivity contribution < 1.29 is 14.4 Å². The van der Waals surface area contributed by atoms with E-state index >= 15 is 0 Å². The summed E-state index contributed by atoms with van der Waals surface area (Å²) >= 11 is 7.77. The number of carbonyl (C=O) groups is 3. The normalized spacial score (nSPS) is 11.8. The number of thiophene rings is 1. The SMILES string of the molecule is O=C(Nc1cccc(SC(C(=O)Nc2nc(-c3cccs3)cs2)c2ccccc2)c1)/C(=C/c1ccc(Br)cc1)NC(=O)c1ccccc1. The van der Waals surface area contributed by atoms with Gasteiger partial charge in [-0.1, -0.05) is 88.7 Å². The third-order valence-corrected chi connectivity index (χ3v) is 10.3. The number of nitrogens with one attached hydrogen (secondary N) is 3. The van der Waals surface area contributed by atoms with Crippen molar-refractivity contribution in [3.8, 4) is 10.6 Å². The standard InChI is InChI=1S/C37H27BrN4O3S3/c38-27-18-16-24(17-19-27)21-30(40-34(43)26-11-5-2-6-12-26)35(44)39-28-13-7-14-29(22-28)48-33(25-9-3-1-4-10-25)36(45)42-37-41-31(23-47-37)32-15-8-20-46-32/h1-23,33H,(H,39,44)(H,40,43)(H,41,42,45)/b30-21-.